The van der Waals surface area contributed by atoms with E-state index in [1.165, 1.54) is 0 Å². The van der Waals surface area contributed by atoms with E-state index >= 15 is 0 Å². The van der Waals surface area contributed by atoms with Crippen molar-refractivity contribution < 1.29 is 4.42 Å². The second kappa shape index (κ2) is 3.66. The van der Waals surface area contributed by atoms with Gasteiger partial charge in [-0.1, -0.05) is 26.0 Å². The van der Waals surface area contributed by atoms with Crippen molar-refractivity contribution in [2.45, 2.75) is 32.7 Å². The van der Waals surface area contributed by atoms with E-state index in [1.807, 2.05) is 10.7 Å². The Balaban J connectivity index is 2.35. The van der Waals surface area contributed by atoms with E-state index in [1.54, 1.807) is 12.5 Å². The van der Waals surface area contributed by atoms with E-state index in [4.69, 9.17) is 10.2 Å². The fourth-order valence-electron chi connectivity index (χ4n) is 1.76. The summed E-state index contributed by atoms with van der Waals surface area (Å²) >= 11 is 0. The lowest BCUT2D eigenvalue weighted by molar-refractivity contribution is 0.499. The standard InChI is InChI=1S/C11H16N4O/c1-11(2,3)9-10(12)13-14-15(9)6-8-4-5-16-7-8/h4-5,7H,6,12H2,1-3H3. The van der Waals surface area contributed by atoms with Crippen LogP contribution in [0.1, 0.15) is 32.0 Å². The lowest BCUT2D eigenvalue weighted by Crippen LogP contribution is -2.20. The maximum atomic E-state index is 5.84. The molecule has 0 unspecified atom stereocenters. The Morgan fingerprint density at radius 3 is 2.75 bits per heavy atom. The molecule has 0 aliphatic carbocycles. The number of hydrogen-bond donors (Lipinski definition) is 1. The smallest absolute Gasteiger partial charge is 0.169 e. The summed E-state index contributed by atoms with van der Waals surface area (Å²) in [6.45, 7) is 6.91. The van der Waals surface area contributed by atoms with Gasteiger partial charge < -0.3 is 10.2 Å². The van der Waals surface area contributed by atoms with E-state index in [0.29, 0.717) is 12.4 Å². The van der Waals surface area contributed by atoms with Gasteiger partial charge in [0, 0.05) is 11.0 Å². The molecule has 16 heavy (non-hydrogen) atoms. The van der Waals surface area contributed by atoms with Gasteiger partial charge >= 0.3 is 0 Å². The SMILES string of the molecule is CC(C)(C)c1c(N)nnn1Cc1ccoc1. The highest BCUT2D eigenvalue weighted by molar-refractivity contribution is 5.38. The molecule has 86 valence electrons. The Morgan fingerprint density at radius 1 is 1.44 bits per heavy atom. The molecule has 0 aliphatic rings. The van der Waals surface area contributed by atoms with E-state index in [2.05, 4.69) is 31.1 Å². The molecule has 0 aromatic carbocycles. The lowest BCUT2D eigenvalue weighted by Gasteiger charge is -2.19. The Morgan fingerprint density at radius 2 is 2.19 bits per heavy atom. The van der Waals surface area contributed by atoms with Crippen LogP contribution in [0, 0.1) is 0 Å². The van der Waals surface area contributed by atoms with Crippen molar-refractivity contribution in [1.82, 2.24) is 15.0 Å². The normalized spacial score (nSPS) is 11.9. The van der Waals surface area contributed by atoms with Gasteiger partial charge in [0.15, 0.2) is 5.82 Å². The van der Waals surface area contributed by atoms with Crippen molar-refractivity contribution >= 4 is 5.82 Å². The van der Waals surface area contributed by atoms with Crippen molar-refractivity contribution in [3.05, 3.63) is 29.9 Å². The quantitative estimate of drug-likeness (QED) is 0.837. The largest absolute Gasteiger partial charge is 0.472 e. The lowest BCUT2D eigenvalue weighted by atomic mass is 9.92. The van der Waals surface area contributed by atoms with Crippen molar-refractivity contribution in [3.8, 4) is 0 Å². The van der Waals surface area contributed by atoms with Crippen molar-refractivity contribution in [1.29, 1.82) is 0 Å². The minimum atomic E-state index is -0.0721. The second-order valence-electron chi connectivity index (χ2n) is 4.86. The summed E-state index contributed by atoms with van der Waals surface area (Å²) in [5, 5.41) is 7.98. The third-order valence-electron chi connectivity index (χ3n) is 2.38. The molecule has 5 nitrogen and oxygen atoms in total. The highest BCUT2D eigenvalue weighted by Gasteiger charge is 2.24. The maximum Gasteiger partial charge on any atom is 0.169 e. The summed E-state index contributed by atoms with van der Waals surface area (Å²) in [7, 11) is 0. The number of nitrogens with zero attached hydrogens (tertiary/aromatic N) is 3. The molecular weight excluding hydrogens is 204 g/mol. The number of nitrogen functional groups attached to an aromatic ring is 1. The second-order valence-corrected chi connectivity index (χ2v) is 4.86. The van der Waals surface area contributed by atoms with Crippen LogP contribution in [-0.4, -0.2) is 15.0 Å². The molecule has 0 spiro atoms. The van der Waals surface area contributed by atoms with Crippen molar-refractivity contribution in [3.63, 3.8) is 0 Å². The molecule has 5 heteroatoms. The summed E-state index contributed by atoms with van der Waals surface area (Å²) in [5.74, 6) is 0.496. The van der Waals surface area contributed by atoms with Gasteiger partial charge in [0.25, 0.3) is 0 Å². The minimum Gasteiger partial charge on any atom is -0.472 e. The Labute approximate surface area is 94.2 Å². The molecule has 0 saturated heterocycles. The Kier molecular flexibility index (Phi) is 2.46. The van der Waals surface area contributed by atoms with Crippen molar-refractivity contribution in [2.75, 3.05) is 5.73 Å². The summed E-state index contributed by atoms with van der Waals surface area (Å²) in [6, 6.07) is 1.91. The van der Waals surface area contributed by atoms with Crippen LogP contribution in [0.3, 0.4) is 0 Å². The van der Waals surface area contributed by atoms with Gasteiger partial charge in [-0.15, -0.1) is 5.10 Å². The molecule has 0 bridgehead atoms. The first-order valence-corrected chi connectivity index (χ1v) is 5.19. The van der Waals surface area contributed by atoms with Gasteiger partial charge in [0.2, 0.25) is 0 Å². The van der Waals surface area contributed by atoms with Gasteiger partial charge in [-0.3, -0.25) is 0 Å². The first kappa shape index (κ1) is 10.7. The number of hydrogen-bond acceptors (Lipinski definition) is 4. The van der Waals surface area contributed by atoms with Crippen LogP contribution in [-0.2, 0) is 12.0 Å². The molecule has 0 radical (unpaired) electrons. The maximum absolute atomic E-state index is 5.84. The van der Waals surface area contributed by atoms with Gasteiger partial charge in [0.05, 0.1) is 24.8 Å². The Hall–Kier alpha value is -1.78. The predicted octanol–water partition coefficient (Wildman–Crippen LogP) is 1.80. The number of furan rings is 1. The predicted molar refractivity (Wildman–Crippen MR) is 60.9 cm³/mol. The highest BCUT2D eigenvalue weighted by atomic mass is 16.3. The van der Waals surface area contributed by atoms with Gasteiger partial charge in [0.1, 0.15) is 0 Å². The molecular formula is C11H16N4O. The van der Waals surface area contributed by atoms with Crippen LogP contribution >= 0.6 is 0 Å². The third-order valence-corrected chi connectivity index (χ3v) is 2.38. The monoisotopic (exact) mass is 220 g/mol. The van der Waals surface area contributed by atoms with Gasteiger partial charge in [-0.25, -0.2) is 4.68 Å². The summed E-state index contributed by atoms with van der Waals surface area (Å²) in [5.41, 5.74) is 7.77. The molecule has 2 heterocycles. The van der Waals surface area contributed by atoms with Crippen LogP contribution in [0.4, 0.5) is 5.82 Å². The number of aromatic nitrogens is 3. The molecule has 0 amide bonds. The van der Waals surface area contributed by atoms with Crippen LogP contribution in [0.25, 0.3) is 0 Å². The topological polar surface area (TPSA) is 69.9 Å². The fraction of sp³-hybridized carbons (Fsp3) is 0.455. The Bertz CT molecular complexity index is 465. The van der Waals surface area contributed by atoms with E-state index < -0.39 is 0 Å². The molecule has 0 fully saturated rings. The van der Waals surface area contributed by atoms with E-state index in [9.17, 15) is 0 Å². The third kappa shape index (κ3) is 1.93. The number of nitrogens with two attached hydrogens (primary N) is 1. The van der Waals surface area contributed by atoms with Gasteiger partial charge in [-0.05, 0) is 6.07 Å². The van der Waals surface area contributed by atoms with Crippen LogP contribution in [0.15, 0.2) is 23.0 Å². The zero-order valence-electron chi connectivity index (χ0n) is 9.77. The van der Waals surface area contributed by atoms with Crippen molar-refractivity contribution in [2.24, 2.45) is 0 Å². The van der Waals surface area contributed by atoms with E-state index in [-0.39, 0.29) is 5.41 Å². The first-order chi connectivity index (χ1) is 7.48. The average molecular weight is 220 g/mol. The number of rotatable bonds is 2. The average Bonchev–Trinajstić information content (AvgIpc) is 2.75. The number of anilines is 1. The first-order valence-electron chi connectivity index (χ1n) is 5.19. The van der Waals surface area contributed by atoms with E-state index in [0.717, 1.165) is 11.3 Å². The zero-order chi connectivity index (χ0) is 11.8. The molecule has 0 aliphatic heterocycles. The summed E-state index contributed by atoms with van der Waals surface area (Å²) < 4.78 is 6.85. The molecule has 0 atom stereocenters. The minimum absolute atomic E-state index is 0.0721. The van der Waals surface area contributed by atoms with Crippen LogP contribution < -0.4 is 5.73 Å². The van der Waals surface area contributed by atoms with Gasteiger partial charge in [-0.2, -0.15) is 0 Å². The molecule has 2 aromatic heterocycles. The molecule has 0 saturated carbocycles. The fourth-order valence-corrected chi connectivity index (χ4v) is 1.76. The zero-order valence-corrected chi connectivity index (χ0v) is 9.77. The highest BCUT2D eigenvalue weighted by Crippen LogP contribution is 2.26. The molecule has 2 aromatic rings. The molecule has 2 rings (SSSR count). The summed E-state index contributed by atoms with van der Waals surface area (Å²) in [6.07, 6.45) is 3.34. The van der Waals surface area contributed by atoms with Crippen LogP contribution in [0.5, 0.6) is 0 Å². The summed E-state index contributed by atoms with van der Waals surface area (Å²) in [4.78, 5) is 0. The molecule has 2 N–H and O–H groups in total. The van der Waals surface area contributed by atoms with Crippen LogP contribution in [0.2, 0.25) is 0 Å².